The zero-order valence-electron chi connectivity index (χ0n) is 26.2. The van der Waals surface area contributed by atoms with E-state index in [1.807, 2.05) is 36.4 Å². The summed E-state index contributed by atoms with van der Waals surface area (Å²) in [6.07, 6.45) is 0. The Labute approximate surface area is 279 Å². The van der Waals surface area contributed by atoms with Crippen molar-refractivity contribution in [1.29, 1.82) is 0 Å². The third kappa shape index (κ3) is 3.59. The highest BCUT2D eigenvalue weighted by molar-refractivity contribution is 6.36. The minimum absolute atomic E-state index is 0.602. The highest BCUT2D eigenvalue weighted by Crippen LogP contribution is 2.46. The van der Waals surface area contributed by atoms with Gasteiger partial charge >= 0.3 is 0 Å². The fourth-order valence-corrected chi connectivity index (χ4v) is 7.92. The Morgan fingerprint density at radius 1 is 0.429 bits per heavy atom. The fourth-order valence-electron chi connectivity index (χ4n) is 7.92. The van der Waals surface area contributed by atoms with Crippen LogP contribution in [0.1, 0.15) is 0 Å². The van der Waals surface area contributed by atoms with Gasteiger partial charge in [0, 0.05) is 38.2 Å². The van der Waals surface area contributed by atoms with Crippen LogP contribution in [0.2, 0.25) is 0 Å². The molecule has 0 saturated heterocycles. The minimum atomic E-state index is 0.602. The molecular weight excluding hydrogens is 601 g/mol. The molecule has 0 aliphatic heterocycles. The van der Waals surface area contributed by atoms with Gasteiger partial charge in [0.15, 0.2) is 5.58 Å². The van der Waals surface area contributed by atoms with E-state index in [1.165, 1.54) is 26.9 Å². The Balaban J connectivity index is 1.43. The second kappa shape index (κ2) is 9.89. The lowest BCUT2D eigenvalue weighted by atomic mass is 9.98. The van der Waals surface area contributed by atoms with Gasteiger partial charge in [-0.2, -0.15) is 0 Å². The molecule has 0 bridgehead atoms. The smallest absolute Gasteiger partial charge is 0.236 e. The number of benzene rings is 7. The molecule has 11 aromatic rings. The van der Waals surface area contributed by atoms with Crippen LogP contribution in [0.25, 0.3) is 99.3 Å². The molecule has 0 aliphatic carbocycles. The van der Waals surface area contributed by atoms with E-state index in [0.717, 1.165) is 60.9 Å². The van der Waals surface area contributed by atoms with Crippen LogP contribution in [0.5, 0.6) is 0 Å². The molecule has 49 heavy (non-hydrogen) atoms. The van der Waals surface area contributed by atoms with Crippen molar-refractivity contribution in [3.05, 3.63) is 158 Å². The molecule has 0 fully saturated rings. The van der Waals surface area contributed by atoms with Crippen LogP contribution in [0.15, 0.2) is 162 Å². The molecule has 11 rings (SSSR count). The Morgan fingerprint density at radius 3 is 1.61 bits per heavy atom. The summed E-state index contributed by atoms with van der Waals surface area (Å²) in [5.74, 6) is 0.602. The molecule has 5 heteroatoms. The van der Waals surface area contributed by atoms with Crippen molar-refractivity contribution in [2.75, 3.05) is 0 Å². The zero-order valence-corrected chi connectivity index (χ0v) is 26.2. The van der Waals surface area contributed by atoms with E-state index in [-0.39, 0.29) is 0 Å². The van der Waals surface area contributed by atoms with Crippen LogP contribution in [0, 0.1) is 0 Å². The summed E-state index contributed by atoms with van der Waals surface area (Å²) in [5.41, 5.74) is 9.52. The van der Waals surface area contributed by atoms with Crippen molar-refractivity contribution in [2.24, 2.45) is 0 Å². The highest BCUT2D eigenvalue weighted by Gasteiger charge is 2.26. The molecule has 4 heterocycles. The molecule has 0 aliphatic rings. The Bertz CT molecular complexity index is 3100. The molecule has 228 valence electrons. The summed E-state index contributed by atoms with van der Waals surface area (Å²) in [5, 5.41) is 8.15. The van der Waals surface area contributed by atoms with Crippen LogP contribution in [-0.4, -0.2) is 19.1 Å². The van der Waals surface area contributed by atoms with Crippen LogP contribution in [0.4, 0.5) is 0 Å². The van der Waals surface area contributed by atoms with Gasteiger partial charge < -0.3 is 8.98 Å². The predicted octanol–water partition coefficient (Wildman–Crippen LogP) is 11.4. The van der Waals surface area contributed by atoms with Gasteiger partial charge in [-0.25, -0.2) is 9.97 Å². The van der Waals surface area contributed by atoms with Gasteiger partial charge in [-0.1, -0.05) is 121 Å². The number of furan rings is 1. The molecule has 0 N–H and O–H groups in total. The average molecular weight is 627 g/mol. The lowest BCUT2D eigenvalue weighted by Gasteiger charge is -2.13. The quantitative estimate of drug-likeness (QED) is 0.196. The second-order valence-corrected chi connectivity index (χ2v) is 12.5. The number of para-hydroxylation sites is 4. The molecule has 0 saturated carbocycles. The largest absolute Gasteiger partial charge is 0.452 e. The van der Waals surface area contributed by atoms with E-state index in [9.17, 15) is 0 Å². The number of nitrogens with zero attached hydrogens (tertiary/aromatic N) is 4. The van der Waals surface area contributed by atoms with Crippen molar-refractivity contribution in [2.45, 2.75) is 0 Å². The van der Waals surface area contributed by atoms with E-state index in [4.69, 9.17) is 14.4 Å². The van der Waals surface area contributed by atoms with Crippen LogP contribution >= 0.6 is 0 Å². The number of aromatic nitrogens is 4. The van der Waals surface area contributed by atoms with Gasteiger partial charge in [0.1, 0.15) is 16.8 Å². The lowest BCUT2D eigenvalue weighted by molar-refractivity contribution is 0.666. The van der Waals surface area contributed by atoms with Gasteiger partial charge in [0.25, 0.3) is 0 Å². The molecular formula is C44H26N4O. The van der Waals surface area contributed by atoms with Gasteiger partial charge in [0.2, 0.25) is 5.95 Å². The molecule has 7 aromatic carbocycles. The third-order valence-electron chi connectivity index (χ3n) is 9.91. The summed E-state index contributed by atoms with van der Waals surface area (Å²) in [6, 6.07) is 55.3. The van der Waals surface area contributed by atoms with E-state index >= 15 is 0 Å². The van der Waals surface area contributed by atoms with Gasteiger partial charge in [-0.15, -0.1) is 0 Å². The van der Waals surface area contributed by atoms with Crippen molar-refractivity contribution >= 4 is 76.5 Å². The second-order valence-electron chi connectivity index (χ2n) is 12.5. The maximum atomic E-state index is 6.49. The summed E-state index contributed by atoms with van der Waals surface area (Å²) >= 11 is 0. The third-order valence-corrected chi connectivity index (χ3v) is 9.91. The molecule has 0 atom stereocenters. The van der Waals surface area contributed by atoms with Crippen LogP contribution in [-0.2, 0) is 0 Å². The van der Waals surface area contributed by atoms with E-state index < -0.39 is 0 Å². The van der Waals surface area contributed by atoms with Crippen molar-refractivity contribution in [3.8, 4) is 22.9 Å². The van der Waals surface area contributed by atoms with Crippen LogP contribution in [0.3, 0.4) is 0 Å². The topological polar surface area (TPSA) is 48.8 Å². The first-order valence-electron chi connectivity index (χ1n) is 16.5. The molecule has 0 radical (unpaired) electrons. The molecule has 0 unspecified atom stereocenters. The summed E-state index contributed by atoms with van der Waals surface area (Å²) in [7, 11) is 0. The van der Waals surface area contributed by atoms with Crippen molar-refractivity contribution in [1.82, 2.24) is 19.1 Å². The minimum Gasteiger partial charge on any atom is -0.452 e. The standard InChI is InChI=1S/C44H26N4O/c1-3-15-27(16-4-1)39-43-40(33-23-11-14-26-36(33)49-43)46-44(45-39)48-35-25-13-10-22-32(35)38-30-20-8-7-19-29(30)37-31-21-9-12-24-34(31)47(41(37)42(38)48)28-17-5-2-6-18-28/h1-26H. The summed E-state index contributed by atoms with van der Waals surface area (Å²) in [6.45, 7) is 0. The van der Waals surface area contributed by atoms with Crippen molar-refractivity contribution < 1.29 is 4.42 Å². The number of rotatable bonds is 3. The maximum Gasteiger partial charge on any atom is 0.236 e. The zero-order chi connectivity index (χ0) is 32.1. The molecule has 5 nitrogen and oxygen atoms in total. The SMILES string of the molecule is c1ccc(-c2nc(-n3c4ccccc4c4c5ccccc5c5c6ccccc6n(-c6ccccc6)c5c43)nc3c2oc2ccccc23)cc1. The molecule has 4 aromatic heterocycles. The number of hydrogen-bond acceptors (Lipinski definition) is 3. The maximum absolute atomic E-state index is 6.49. The Kier molecular flexibility index (Phi) is 5.32. The molecule has 0 amide bonds. The van der Waals surface area contributed by atoms with E-state index in [1.54, 1.807) is 0 Å². The Morgan fingerprint density at radius 2 is 0.939 bits per heavy atom. The average Bonchev–Trinajstić information content (AvgIpc) is 3.83. The number of fused-ring (bicyclic) bond motifs is 13. The van der Waals surface area contributed by atoms with Gasteiger partial charge in [-0.05, 0) is 47.2 Å². The molecule has 0 spiro atoms. The normalized spacial score (nSPS) is 12.1. The fraction of sp³-hybridized carbons (Fsp3) is 0. The highest BCUT2D eigenvalue weighted by atomic mass is 16.3. The first-order valence-corrected chi connectivity index (χ1v) is 16.5. The Hall–Kier alpha value is -6.72. The lowest BCUT2D eigenvalue weighted by Crippen LogP contribution is -2.04. The van der Waals surface area contributed by atoms with Gasteiger partial charge in [0.05, 0.1) is 22.1 Å². The predicted molar refractivity (Wildman–Crippen MR) is 201 cm³/mol. The number of hydrogen-bond donors (Lipinski definition) is 0. The summed E-state index contributed by atoms with van der Waals surface area (Å²) in [4.78, 5) is 10.8. The van der Waals surface area contributed by atoms with Gasteiger partial charge in [-0.3, -0.25) is 4.57 Å². The first kappa shape index (κ1) is 26.4. The first-order chi connectivity index (χ1) is 24.3. The van der Waals surface area contributed by atoms with Crippen LogP contribution < -0.4 is 0 Å². The summed E-state index contributed by atoms with van der Waals surface area (Å²) < 4.78 is 11.2. The van der Waals surface area contributed by atoms with Crippen molar-refractivity contribution in [3.63, 3.8) is 0 Å². The van der Waals surface area contributed by atoms with E-state index in [0.29, 0.717) is 11.5 Å². The van der Waals surface area contributed by atoms with E-state index in [2.05, 4.69) is 130 Å². The monoisotopic (exact) mass is 626 g/mol.